The second kappa shape index (κ2) is 7.65. The molecule has 0 saturated heterocycles. The van der Waals surface area contributed by atoms with Gasteiger partial charge in [0, 0.05) is 6.54 Å². The van der Waals surface area contributed by atoms with Gasteiger partial charge in [0.1, 0.15) is 12.4 Å². The van der Waals surface area contributed by atoms with Gasteiger partial charge in [-0.1, -0.05) is 37.3 Å². The molecule has 1 heterocycles. The van der Waals surface area contributed by atoms with Crippen molar-refractivity contribution in [3.8, 4) is 5.75 Å². The molecule has 0 fully saturated rings. The lowest BCUT2D eigenvalue weighted by Gasteiger charge is -2.19. The van der Waals surface area contributed by atoms with Crippen molar-refractivity contribution in [2.24, 2.45) is 0 Å². The molecule has 0 amide bonds. The molecule has 0 radical (unpaired) electrons. The van der Waals surface area contributed by atoms with Crippen molar-refractivity contribution in [3.63, 3.8) is 0 Å². The summed E-state index contributed by atoms with van der Waals surface area (Å²) in [6.07, 6.45) is 2.85. The van der Waals surface area contributed by atoms with Gasteiger partial charge in [0.25, 0.3) is 0 Å². The lowest BCUT2D eigenvalue weighted by atomic mass is 10.2. The zero-order valence-electron chi connectivity index (χ0n) is 12.1. The van der Waals surface area contributed by atoms with E-state index in [9.17, 15) is 0 Å². The van der Waals surface area contributed by atoms with Crippen LogP contribution in [0.1, 0.15) is 32.0 Å². The average molecular weight is 274 g/mol. The molecule has 2 aromatic rings. The van der Waals surface area contributed by atoms with E-state index in [1.165, 1.54) is 0 Å². The molecule has 1 atom stereocenters. The van der Waals surface area contributed by atoms with E-state index in [0.29, 0.717) is 6.61 Å². The third-order valence-electron chi connectivity index (χ3n) is 3.05. The Morgan fingerprint density at radius 3 is 2.75 bits per heavy atom. The number of aromatic nitrogens is 3. The van der Waals surface area contributed by atoms with Crippen molar-refractivity contribution in [2.45, 2.75) is 32.9 Å². The highest BCUT2D eigenvalue weighted by molar-refractivity contribution is 5.21. The van der Waals surface area contributed by atoms with E-state index in [1.807, 2.05) is 41.2 Å². The van der Waals surface area contributed by atoms with Gasteiger partial charge >= 0.3 is 0 Å². The lowest BCUT2D eigenvalue weighted by molar-refractivity contribution is 0.260. The SMILES string of the molecule is CCCn1nncc1C(COc1ccccc1)NCC. The molecule has 5 heteroatoms. The molecule has 0 aliphatic carbocycles. The Bertz CT molecular complexity index is 498. The third kappa shape index (κ3) is 3.81. The highest BCUT2D eigenvalue weighted by Crippen LogP contribution is 2.15. The van der Waals surface area contributed by atoms with Crippen LogP contribution in [0.5, 0.6) is 5.75 Å². The summed E-state index contributed by atoms with van der Waals surface area (Å²) in [5, 5.41) is 11.6. The molecule has 20 heavy (non-hydrogen) atoms. The van der Waals surface area contributed by atoms with Crippen molar-refractivity contribution in [2.75, 3.05) is 13.2 Å². The summed E-state index contributed by atoms with van der Waals surface area (Å²) in [5.41, 5.74) is 1.07. The van der Waals surface area contributed by atoms with Crippen molar-refractivity contribution >= 4 is 0 Å². The van der Waals surface area contributed by atoms with Crippen molar-refractivity contribution in [3.05, 3.63) is 42.2 Å². The molecule has 1 aromatic heterocycles. The number of hydrogen-bond acceptors (Lipinski definition) is 4. The topological polar surface area (TPSA) is 52.0 Å². The molecule has 5 nitrogen and oxygen atoms in total. The van der Waals surface area contributed by atoms with Crippen LogP contribution in [-0.4, -0.2) is 28.1 Å². The minimum Gasteiger partial charge on any atom is -0.492 e. The Kier molecular flexibility index (Phi) is 5.55. The molecule has 1 unspecified atom stereocenters. The number of para-hydroxylation sites is 1. The summed E-state index contributed by atoms with van der Waals surface area (Å²) in [6.45, 7) is 6.54. The number of hydrogen-bond donors (Lipinski definition) is 1. The van der Waals surface area contributed by atoms with Gasteiger partial charge in [-0.2, -0.15) is 0 Å². The monoisotopic (exact) mass is 274 g/mol. The molecule has 0 bridgehead atoms. The summed E-state index contributed by atoms with van der Waals surface area (Å²) >= 11 is 0. The number of nitrogens with one attached hydrogen (secondary N) is 1. The summed E-state index contributed by atoms with van der Waals surface area (Å²) in [7, 11) is 0. The van der Waals surface area contributed by atoms with Crippen molar-refractivity contribution in [1.82, 2.24) is 20.3 Å². The van der Waals surface area contributed by atoms with Gasteiger partial charge in [0.15, 0.2) is 0 Å². The Balaban J connectivity index is 2.04. The number of likely N-dealkylation sites (N-methyl/N-ethyl adjacent to an activating group) is 1. The lowest BCUT2D eigenvalue weighted by Crippen LogP contribution is -2.29. The fourth-order valence-corrected chi connectivity index (χ4v) is 2.11. The normalized spacial score (nSPS) is 12.3. The fourth-order valence-electron chi connectivity index (χ4n) is 2.11. The highest BCUT2D eigenvalue weighted by Gasteiger charge is 2.16. The van der Waals surface area contributed by atoms with E-state index in [1.54, 1.807) is 0 Å². The van der Waals surface area contributed by atoms with Crippen molar-refractivity contribution in [1.29, 1.82) is 0 Å². The van der Waals surface area contributed by atoms with Crippen LogP contribution in [0.2, 0.25) is 0 Å². The zero-order valence-corrected chi connectivity index (χ0v) is 12.1. The molecule has 0 spiro atoms. The second-order valence-corrected chi connectivity index (χ2v) is 4.62. The third-order valence-corrected chi connectivity index (χ3v) is 3.05. The first-order valence-electron chi connectivity index (χ1n) is 7.14. The predicted octanol–water partition coefficient (Wildman–Crippen LogP) is 2.42. The second-order valence-electron chi connectivity index (χ2n) is 4.62. The van der Waals surface area contributed by atoms with Gasteiger partial charge in [0.05, 0.1) is 17.9 Å². The van der Waals surface area contributed by atoms with Crippen LogP contribution in [0.15, 0.2) is 36.5 Å². The molecule has 1 N–H and O–H groups in total. The largest absolute Gasteiger partial charge is 0.492 e. The minimum atomic E-state index is 0.0988. The van der Waals surface area contributed by atoms with Gasteiger partial charge in [0.2, 0.25) is 0 Å². The van der Waals surface area contributed by atoms with E-state index in [0.717, 1.165) is 31.0 Å². The first-order chi connectivity index (χ1) is 9.85. The van der Waals surface area contributed by atoms with E-state index >= 15 is 0 Å². The van der Waals surface area contributed by atoms with Crippen LogP contribution in [-0.2, 0) is 6.54 Å². The first-order valence-corrected chi connectivity index (χ1v) is 7.14. The van der Waals surface area contributed by atoms with Gasteiger partial charge in [-0.05, 0) is 25.1 Å². The maximum atomic E-state index is 5.85. The predicted molar refractivity (Wildman–Crippen MR) is 78.7 cm³/mol. The van der Waals surface area contributed by atoms with Crippen molar-refractivity contribution < 1.29 is 4.74 Å². The summed E-state index contributed by atoms with van der Waals surface area (Å²) in [6, 6.07) is 9.95. The summed E-state index contributed by atoms with van der Waals surface area (Å²) in [5.74, 6) is 0.880. The standard InChI is InChI=1S/C15H22N4O/c1-3-10-19-15(11-17-18-19)14(16-4-2)12-20-13-8-6-5-7-9-13/h5-9,11,14,16H,3-4,10,12H2,1-2H3. The molecular formula is C15H22N4O. The van der Waals surface area contributed by atoms with Crippen LogP contribution in [0.4, 0.5) is 0 Å². The summed E-state index contributed by atoms with van der Waals surface area (Å²) in [4.78, 5) is 0. The fraction of sp³-hybridized carbons (Fsp3) is 0.467. The van der Waals surface area contributed by atoms with E-state index in [-0.39, 0.29) is 6.04 Å². The smallest absolute Gasteiger partial charge is 0.119 e. The first kappa shape index (κ1) is 14.5. The number of rotatable bonds is 8. The van der Waals surface area contributed by atoms with Gasteiger partial charge in [-0.25, -0.2) is 4.68 Å². The van der Waals surface area contributed by atoms with E-state index in [2.05, 4.69) is 29.5 Å². The maximum Gasteiger partial charge on any atom is 0.119 e. The van der Waals surface area contributed by atoms with Gasteiger partial charge < -0.3 is 10.1 Å². The number of benzene rings is 1. The van der Waals surface area contributed by atoms with Gasteiger partial charge in [-0.3, -0.25) is 0 Å². The Morgan fingerprint density at radius 2 is 2.05 bits per heavy atom. The van der Waals surface area contributed by atoms with Crippen LogP contribution >= 0.6 is 0 Å². The summed E-state index contributed by atoms with van der Waals surface area (Å²) < 4.78 is 7.79. The number of nitrogens with zero attached hydrogens (tertiary/aromatic N) is 3. The molecule has 2 rings (SSSR count). The maximum absolute atomic E-state index is 5.85. The molecule has 0 aliphatic heterocycles. The molecule has 1 aromatic carbocycles. The molecule has 0 saturated carbocycles. The zero-order chi connectivity index (χ0) is 14.2. The number of aryl methyl sites for hydroxylation is 1. The Labute approximate surface area is 120 Å². The van der Waals surface area contributed by atoms with E-state index < -0.39 is 0 Å². The Morgan fingerprint density at radius 1 is 1.25 bits per heavy atom. The highest BCUT2D eigenvalue weighted by atomic mass is 16.5. The van der Waals surface area contributed by atoms with Crippen LogP contribution in [0.25, 0.3) is 0 Å². The number of ether oxygens (including phenoxy) is 1. The van der Waals surface area contributed by atoms with Crippen LogP contribution in [0.3, 0.4) is 0 Å². The van der Waals surface area contributed by atoms with E-state index in [4.69, 9.17) is 4.74 Å². The minimum absolute atomic E-state index is 0.0988. The van der Waals surface area contributed by atoms with Crippen LogP contribution < -0.4 is 10.1 Å². The average Bonchev–Trinajstić information content (AvgIpc) is 2.93. The molecular weight excluding hydrogens is 252 g/mol. The Hall–Kier alpha value is -1.88. The molecule has 108 valence electrons. The van der Waals surface area contributed by atoms with Gasteiger partial charge in [-0.15, -0.1) is 5.10 Å². The van der Waals surface area contributed by atoms with Crippen LogP contribution in [0, 0.1) is 0 Å². The quantitative estimate of drug-likeness (QED) is 0.803. The molecule has 0 aliphatic rings.